The van der Waals surface area contributed by atoms with E-state index in [1.807, 2.05) is 25.1 Å². The lowest BCUT2D eigenvalue weighted by atomic mass is 10.1. The van der Waals surface area contributed by atoms with Crippen LogP contribution in [0.15, 0.2) is 29.8 Å². The van der Waals surface area contributed by atoms with Gasteiger partial charge in [0, 0.05) is 11.1 Å². The summed E-state index contributed by atoms with van der Waals surface area (Å²) in [6.45, 7) is 5.75. The van der Waals surface area contributed by atoms with Gasteiger partial charge < -0.3 is 10.5 Å². The maximum absolute atomic E-state index is 6.06. The van der Waals surface area contributed by atoms with Crippen molar-refractivity contribution in [1.29, 1.82) is 0 Å². The molecule has 0 bridgehead atoms. The molecule has 0 aliphatic carbocycles. The molecule has 2 N–H and O–H groups in total. The standard InChI is InChI=1S/C12H15Cl2NO/c1-8(13)7-16-12-4-3-10(5-9(2)15)6-11(12)14/h3-4,6,9H,1,5,7,15H2,2H3. The zero-order valence-corrected chi connectivity index (χ0v) is 10.7. The highest BCUT2D eigenvalue weighted by atomic mass is 35.5. The van der Waals surface area contributed by atoms with Crippen LogP contribution in [0.5, 0.6) is 5.75 Å². The van der Waals surface area contributed by atoms with Crippen molar-refractivity contribution in [2.24, 2.45) is 5.73 Å². The summed E-state index contributed by atoms with van der Waals surface area (Å²) in [6.07, 6.45) is 0.794. The predicted octanol–water partition coefficient (Wildman–Crippen LogP) is 3.36. The average Bonchev–Trinajstić information content (AvgIpc) is 2.15. The third-order valence-electron chi connectivity index (χ3n) is 1.94. The first kappa shape index (κ1) is 13.4. The summed E-state index contributed by atoms with van der Waals surface area (Å²) in [4.78, 5) is 0. The van der Waals surface area contributed by atoms with Crippen LogP contribution in [0.2, 0.25) is 5.02 Å². The Morgan fingerprint density at radius 1 is 1.56 bits per heavy atom. The zero-order valence-electron chi connectivity index (χ0n) is 9.17. The number of rotatable bonds is 5. The second-order valence-corrected chi connectivity index (χ2v) is 4.69. The Kier molecular flexibility index (Phi) is 5.13. The van der Waals surface area contributed by atoms with E-state index in [1.165, 1.54) is 0 Å². The first-order valence-electron chi connectivity index (χ1n) is 4.99. The van der Waals surface area contributed by atoms with Gasteiger partial charge in [0.25, 0.3) is 0 Å². The summed E-state index contributed by atoms with van der Waals surface area (Å²) in [7, 11) is 0. The first-order valence-corrected chi connectivity index (χ1v) is 5.74. The Balaban J connectivity index is 2.71. The van der Waals surface area contributed by atoms with Crippen LogP contribution < -0.4 is 10.5 Å². The van der Waals surface area contributed by atoms with Crippen LogP contribution in [0.1, 0.15) is 12.5 Å². The van der Waals surface area contributed by atoms with Crippen molar-refractivity contribution in [1.82, 2.24) is 0 Å². The number of hydrogen-bond donors (Lipinski definition) is 1. The molecule has 0 aliphatic rings. The highest BCUT2D eigenvalue weighted by molar-refractivity contribution is 6.32. The molecule has 0 amide bonds. The molecule has 1 aromatic rings. The Labute approximate surface area is 106 Å². The monoisotopic (exact) mass is 259 g/mol. The molecule has 1 unspecified atom stereocenters. The topological polar surface area (TPSA) is 35.2 Å². The molecule has 1 atom stereocenters. The molecule has 0 aliphatic heterocycles. The molecule has 4 heteroatoms. The van der Waals surface area contributed by atoms with E-state index < -0.39 is 0 Å². The summed E-state index contributed by atoms with van der Waals surface area (Å²) >= 11 is 11.7. The highest BCUT2D eigenvalue weighted by Gasteiger charge is 2.05. The third-order valence-corrected chi connectivity index (χ3v) is 2.34. The number of hydrogen-bond acceptors (Lipinski definition) is 2. The molecule has 0 heterocycles. The van der Waals surface area contributed by atoms with Gasteiger partial charge >= 0.3 is 0 Å². The molecule has 1 aromatic carbocycles. The zero-order chi connectivity index (χ0) is 12.1. The largest absolute Gasteiger partial charge is 0.486 e. The van der Waals surface area contributed by atoms with Gasteiger partial charge in [0.1, 0.15) is 12.4 Å². The lowest BCUT2D eigenvalue weighted by Gasteiger charge is -2.10. The molecule has 16 heavy (non-hydrogen) atoms. The maximum Gasteiger partial charge on any atom is 0.138 e. The lowest BCUT2D eigenvalue weighted by molar-refractivity contribution is 0.359. The summed E-state index contributed by atoms with van der Waals surface area (Å²) in [5.41, 5.74) is 6.80. The fraction of sp³-hybridized carbons (Fsp3) is 0.333. The van der Waals surface area contributed by atoms with E-state index in [-0.39, 0.29) is 12.6 Å². The van der Waals surface area contributed by atoms with Crippen molar-refractivity contribution in [2.75, 3.05) is 6.61 Å². The number of ether oxygens (including phenoxy) is 1. The minimum absolute atomic E-state index is 0.116. The molecular weight excluding hydrogens is 245 g/mol. The van der Waals surface area contributed by atoms with E-state index in [0.29, 0.717) is 15.8 Å². The van der Waals surface area contributed by atoms with Gasteiger partial charge in [0.2, 0.25) is 0 Å². The molecule has 0 radical (unpaired) electrons. The molecule has 0 fully saturated rings. The van der Waals surface area contributed by atoms with E-state index in [1.54, 1.807) is 0 Å². The SMILES string of the molecule is C=C(Cl)COc1ccc(CC(C)N)cc1Cl. The quantitative estimate of drug-likeness (QED) is 0.881. The Morgan fingerprint density at radius 3 is 2.75 bits per heavy atom. The van der Waals surface area contributed by atoms with E-state index in [4.69, 9.17) is 33.7 Å². The Morgan fingerprint density at radius 2 is 2.25 bits per heavy atom. The van der Waals surface area contributed by atoms with Crippen LogP contribution in [0.4, 0.5) is 0 Å². The number of halogens is 2. The van der Waals surface area contributed by atoms with Gasteiger partial charge in [0.15, 0.2) is 0 Å². The number of benzene rings is 1. The second-order valence-electron chi connectivity index (χ2n) is 3.75. The van der Waals surface area contributed by atoms with Gasteiger partial charge in [-0.05, 0) is 31.0 Å². The molecule has 88 valence electrons. The minimum atomic E-state index is 0.116. The van der Waals surface area contributed by atoms with Crippen molar-refractivity contribution >= 4 is 23.2 Å². The lowest BCUT2D eigenvalue weighted by Crippen LogP contribution is -2.17. The van der Waals surface area contributed by atoms with Crippen molar-refractivity contribution in [3.05, 3.63) is 40.4 Å². The van der Waals surface area contributed by atoms with Crippen LogP contribution in [0.25, 0.3) is 0 Å². The minimum Gasteiger partial charge on any atom is -0.486 e. The third kappa shape index (κ3) is 4.44. The van der Waals surface area contributed by atoms with Gasteiger partial charge in [-0.3, -0.25) is 0 Å². The van der Waals surface area contributed by atoms with Crippen LogP contribution in [-0.2, 0) is 6.42 Å². The molecule has 0 spiro atoms. The molecule has 0 saturated heterocycles. The van der Waals surface area contributed by atoms with Crippen molar-refractivity contribution in [2.45, 2.75) is 19.4 Å². The highest BCUT2D eigenvalue weighted by Crippen LogP contribution is 2.26. The molecule has 0 aromatic heterocycles. The van der Waals surface area contributed by atoms with Gasteiger partial charge in [-0.15, -0.1) is 0 Å². The first-order chi connectivity index (χ1) is 7.49. The maximum atomic E-state index is 6.06. The second kappa shape index (κ2) is 6.14. The van der Waals surface area contributed by atoms with Crippen molar-refractivity contribution in [3.8, 4) is 5.75 Å². The smallest absolute Gasteiger partial charge is 0.138 e. The van der Waals surface area contributed by atoms with Crippen LogP contribution in [0.3, 0.4) is 0 Å². The predicted molar refractivity (Wildman–Crippen MR) is 69.3 cm³/mol. The summed E-state index contributed by atoms with van der Waals surface area (Å²) in [5.74, 6) is 0.608. The fourth-order valence-corrected chi connectivity index (χ4v) is 1.63. The van der Waals surface area contributed by atoms with E-state index in [9.17, 15) is 0 Å². The Hall–Kier alpha value is -0.700. The molecule has 1 rings (SSSR count). The van der Waals surface area contributed by atoms with Gasteiger partial charge in [-0.1, -0.05) is 35.8 Å². The Bertz CT molecular complexity index is 377. The van der Waals surface area contributed by atoms with Crippen molar-refractivity contribution < 1.29 is 4.74 Å². The van der Waals surface area contributed by atoms with E-state index in [2.05, 4.69) is 6.58 Å². The van der Waals surface area contributed by atoms with Gasteiger partial charge in [-0.2, -0.15) is 0 Å². The molecule has 0 saturated carbocycles. The number of nitrogens with two attached hydrogens (primary N) is 1. The fourth-order valence-electron chi connectivity index (χ4n) is 1.32. The van der Waals surface area contributed by atoms with Crippen molar-refractivity contribution in [3.63, 3.8) is 0 Å². The van der Waals surface area contributed by atoms with Crippen LogP contribution >= 0.6 is 23.2 Å². The van der Waals surface area contributed by atoms with Crippen LogP contribution in [-0.4, -0.2) is 12.6 Å². The van der Waals surface area contributed by atoms with Gasteiger partial charge in [0.05, 0.1) is 5.02 Å². The molecular formula is C12H15Cl2NO. The van der Waals surface area contributed by atoms with Crippen LogP contribution in [0, 0.1) is 0 Å². The molecule has 2 nitrogen and oxygen atoms in total. The van der Waals surface area contributed by atoms with Gasteiger partial charge in [-0.25, -0.2) is 0 Å². The van der Waals surface area contributed by atoms with E-state index >= 15 is 0 Å². The van der Waals surface area contributed by atoms with E-state index in [0.717, 1.165) is 12.0 Å². The average molecular weight is 260 g/mol. The normalized spacial score (nSPS) is 12.2. The summed E-state index contributed by atoms with van der Waals surface area (Å²) < 4.78 is 5.36. The summed E-state index contributed by atoms with van der Waals surface area (Å²) in [5, 5.41) is 1.01. The summed E-state index contributed by atoms with van der Waals surface area (Å²) in [6, 6.07) is 5.74.